The Kier molecular flexibility index (Phi) is 5.22. The minimum Gasteiger partial charge on any atom is -0.404 e. The summed E-state index contributed by atoms with van der Waals surface area (Å²) in [6.07, 6.45) is 2.88. The standard InChI is InChI=1S/C18H24N6O2/c1-11-10-25-7-6-24(11)17-9-14(18-12(2)23-26-13(18)3)8-16(22-17)21-15(20)4-5-19/h4-5,8-9,11H,6-7,10,19H2,1-3H3,(H2,20,21,22). The minimum absolute atomic E-state index is 0.217. The van der Waals surface area contributed by atoms with Gasteiger partial charge in [0.25, 0.3) is 0 Å². The van der Waals surface area contributed by atoms with Crippen molar-refractivity contribution in [2.75, 3.05) is 24.7 Å². The number of aromatic nitrogens is 2. The zero-order chi connectivity index (χ0) is 18.7. The van der Waals surface area contributed by atoms with Gasteiger partial charge in [-0.3, -0.25) is 0 Å². The summed E-state index contributed by atoms with van der Waals surface area (Å²) in [5.74, 6) is 2.37. The molecule has 0 aromatic carbocycles. The second-order valence-electron chi connectivity index (χ2n) is 6.28. The van der Waals surface area contributed by atoms with Crippen molar-refractivity contribution in [1.82, 2.24) is 10.1 Å². The lowest BCUT2D eigenvalue weighted by atomic mass is 10.0. The Hall–Kier alpha value is -2.87. The molecule has 1 aliphatic rings. The van der Waals surface area contributed by atoms with Crippen molar-refractivity contribution in [2.45, 2.75) is 26.8 Å². The fourth-order valence-electron chi connectivity index (χ4n) is 3.08. The van der Waals surface area contributed by atoms with E-state index in [0.717, 1.165) is 34.9 Å². The Balaban J connectivity index is 2.12. The van der Waals surface area contributed by atoms with E-state index in [1.165, 1.54) is 12.3 Å². The summed E-state index contributed by atoms with van der Waals surface area (Å²) in [4.78, 5) is 11.3. The Morgan fingerprint density at radius 3 is 2.85 bits per heavy atom. The zero-order valence-corrected chi connectivity index (χ0v) is 15.3. The predicted molar refractivity (Wildman–Crippen MR) is 101 cm³/mol. The van der Waals surface area contributed by atoms with E-state index in [9.17, 15) is 0 Å². The van der Waals surface area contributed by atoms with Crippen LogP contribution in [0.25, 0.3) is 11.1 Å². The molecule has 3 rings (SSSR count). The van der Waals surface area contributed by atoms with Gasteiger partial charge in [-0.25, -0.2) is 9.98 Å². The molecule has 0 aliphatic carbocycles. The van der Waals surface area contributed by atoms with Crippen LogP contribution in [0.3, 0.4) is 0 Å². The Morgan fingerprint density at radius 1 is 1.38 bits per heavy atom. The number of aliphatic imine (C=N–C) groups is 1. The molecule has 3 heterocycles. The lowest BCUT2D eigenvalue weighted by Gasteiger charge is -2.34. The largest absolute Gasteiger partial charge is 0.404 e. The predicted octanol–water partition coefficient (Wildman–Crippen LogP) is 2.04. The van der Waals surface area contributed by atoms with E-state index in [1.54, 1.807) is 0 Å². The van der Waals surface area contributed by atoms with E-state index >= 15 is 0 Å². The summed E-state index contributed by atoms with van der Waals surface area (Å²) in [5.41, 5.74) is 14.0. The summed E-state index contributed by atoms with van der Waals surface area (Å²) in [7, 11) is 0. The van der Waals surface area contributed by atoms with E-state index in [4.69, 9.17) is 20.7 Å². The van der Waals surface area contributed by atoms with Crippen LogP contribution in [0.4, 0.5) is 11.6 Å². The van der Waals surface area contributed by atoms with Gasteiger partial charge >= 0.3 is 0 Å². The maximum atomic E-state index is 5.88. The Labute approximate surface area is 152 Å². The molecule has 2 aromatic rings. The van der Waals surface area contributed by atoms with Crippen LogP contribution in [0.2, 0.25) is 0 Å². The number of nitrogens with zero attached hydrogens (tertiary/aromatic N) is 4. The molecule has 4 N–H and O–H groups in total. The summed E-state index contributed by atoms with van der Waals surface area (Å²) in [6.45, 7) is 8.00. The van der Waals surface area contributed by atoms with Crippen molar-refractivity contribution < 1.29 is 9.26 Å². The van der Waals surface area contributed by atoms with Crippen molar-refractivity contribution >= 4 is 17.5 Å². The van der Waals surface area contributed by atoms with Gasteiger partial charge in [-0.2, -0.15) is 0 Å². The summed E-state index contributed by atoms with van der Waals surface area (Å²) < 4.78 is 10.9. The van der Waals surface area contributed by atoms with Crippen LogP contribution in [0.5, 0.6) is 0 Å². The average molecular weight is 356 g/mol. The van der Waals surface area contributed by atoms with E-state index in [1.807, 2.05) is 26.0 Å². The number of ether oxygens (including phenoxy) is 1. The number of anilines is 1. The van der Waals surface area contributed by atoms with Crippen molar-refractivity contribution in [1.29, 1.82) is 0 Å². The molecule has 0 amide bonds. The molecular formula is C18H24N6O2. The second-order valence-corrected chi connectivity index (χ2v) is 6.28. The van der Waals surface area contributed by atoms with Crippen molar-refractivity contribution in [3.63, 3.8) is 0 Å². The highest BCUT2D eigenvalue weighted by Gasteiger charge is 2.22. The van der Waals surface area contributed by atoms with Gasteiger partial charge in [0, 0.05) is 12.1 Å². The first-order valence-corrected chi connectivity index (χ1v) is 8.51. The smallest absolute Gasteiger partial charge is 0.157 e. The SMILES string of the molecule is Cc1noc(C)c1-c1cc(N=C(N)C=CN)nc(N2CCOCC2C)c1. The van der Waals surface area contributed by atoms with Crippen LogP contribution in [0.1, 0.15) is 18.4 Å². The van der Waals surface area contributed by atoms with Gasteiger partial charge in [0.2, 0.25) is 0 Å². The van der Waals surface area contributed by atoms with Crippen LogP contribution in [-0.2, 0) is 4.74 Å². The zero-order valence-electron chi connectivity index (χ0n) is 15.3. The number of hydrogen-bond donors (Lipinski definition) is 2. The molecule has 0 spiro atoms. The first-order valence-electron chi connectivity index (χ1n) is 8.51. The van der Waals surface area contributed by atoms with Crippen LogP contribution in [0.15, 0.2) is 33.9 Å². The van der Waals surface area contributed by atoms with E-state index < -0.39 is 0 Å². The second kappa shape index (κ2) is 7.57. The lowest BCUT2D eigenvalue weighted by Crippen LogP contribution is -2.44. The van der Waals surface area contributed by atoms with Crippen LogP contribution < -0.4 is 16.4 Å². The molecule has 1 saturated heterocycles. The van der Waals surface area contributed by atoms with Crippen molar-refractivity contribution in [2.24, 2.45) is 16.5 Å². The number of rotatable bonds is 4. The highest BCUT2D eigenvalue weighted by molar-refractivity contribution is 5.93. The van der Waals surface area contributed by atoms with E-state index in [2.05, 4.69) is 27.0 Å². The molecule has 26 heavy (non-hydrogen) atoms. The molecule has 1 fully saturated rings. The topological polar surface area (TPSA) is 116 Å². The fraction of sp³-hybridized carbons (Fsp3) is 0.389. The molecule has 1 unspecified atom stereocenters. The number of aryl methyl sites for hydroxylation is 2. The maximum absolute atomic E-state index is 5.88. The summed E-state index contributed by atoms with van der Waals surface area (Å²) in [6, 6.07) is 4.12. The lowest BCUT2D eigenvalue weighted by molar-refractivity contribution is 0.0985. The Bertz CT molecular complexity index is 823. The normalized spacial score (nSPS) is 18.7. The van der Waals surface area contributed by atoms with Gasteiger partial charge in [-0.1, -0.05) is 5.16 Å². The Morgan fingerprint density at radius 2 is 2.19 bits per heavy atom. The third-order valence-corrected chi connectivity index (χ3v) is 4.29. The molecule has 0 saturated carbocycles. The first-order chi connectivity index (χ1) is 12.5. The van der Waals surface area contributed by atoms with Gasteiger partial charge in [-0.15, -0.1) is 0 Å². The molecule has 0 bridgehead atoms. The fourth-order valence-corrected chi connectivity index (χ4v) is 3.08. The third-order valence-electron chi connectivity index (χ3n) is 4.29. The van der Waals surface area contributed by atoms with E-state index in [-0.39, 0.29) is 11.9 Å². The number of pyridine rings is 1. The van der Waals surface area contributed by atoms with Crippen LogP contribution in [0, 0.1) is 13.8 Å². The molecule has 138 valence electrons. The molecule has 8 heteroatoms. The molecule has 2 aromatic heterocycles. The molecule has 8 nitrogen and oxygen atoms in total. The summed E-state index contributed by atoms with van der Waals surface area (Å²) >= 11 is 0. The van der Waals surface area contributed by atoms with Gasteiger partial charge in [0.1, 0.15) is 17.4 Å². The monoisotopic (exact) mass is 356 g/mol. The average Bonchev–Trinajstić information content (AvgIpc) is 2.93. The first kappa shape index (κ1) is 17.9. The van der Waals surface area contributed by atoms with Crippen LogP contribution in [-0.4, -0.2) is 41.8 Å². The quantitative estimate of drug-likeness (QED) is 0.636. The highest BCUT2D eigenvalue weighted by atomic mass is 16.5. The van der Waals surface area contributed by atoms with Crippen molar-refractivity contribution in [3.8, 4) is 11.1 Å². The van der Waals surface area contributed by atoms with Gasteiger partial charge in [-0.05, 0) is 50.7 Å². The third kappa shape index (κ3) is 3.70. The molecular weight excluding hydrogens is 332 g/mol. The van der Waals surface area contributed by atoms with E-state index in [0.29, 0.717) is 19.0 Å². The number of amidine groups is 1. The van der Waals surface area contributed by atoms with Crippen molar-refractivity contribution in [3.05, 3.63) is 35.9 Å². The number of nitrogens with two attached hydrogens (primary N) is 2. The maximum Gasteiger partial charge on any atom is 0.157 e. The molecule has 1 aliphatic heterocycles. The highest BCUT2D eigenvalue weighted by Crippen LogP contribution is 2.33. The number of hydrogen-bond acceptors (Lipinski definition) is 7. The van der Waals surface area contributed by atoms with Gasteiger partial charge < -0.3 is 25.6 Å². The molecule has 0 radical (unpaired) electrons. The minimum atomic E-state index is 0.217. The van der Waals surface area contributed by atoms with Gasteiger partial charge in [0.05, 0.1) is 24.9 Å². The number of morpholine rings is 1. The summed E-state index contributed by atoms with van der Waals surface area (Å²) in [5, 5.41) is 4.05. The molecule has 1 atom stereocenters. The van der Waals surface area contributed by atoms with Gasteiger partial charge in [0.15, 0.2) is 5.82 Å². The van der Waals surface area contributed by atoms with Crippen LogP contribution >= 0.6 is 0 Å².